The van der Waals surface area contributed by atoms with Crippen LogP contribution < -0.4 is 10.1 Å². The minimum atomic E-state index is 0.567. The van der Waals surface area contributed by atoms with Gasteiger partial charge in [-0.1, -0.05) is 42.5 Å². The van der Waals surface area contributed by atoms with Crippen molar-refractivity contribution in [1.82, 2.24) is 20.2 Å². The van der Waals surface area contributed by atoms with Crippen molar-refractivity contribution in [3.63, 3.8) is 0 Å². The van der Waals surface area contributed by atoms with Gasteiger partial charge in [0.05, 0.1) is 35.6 Å². The van der Waals surface area contributed by atoms with Gasteiger partial charge in [0.15, 0.2) is 5.65 Å². The first-order valence-corrected chi connectivity index (χ1v) is 9.83. The third-order valence-corrected chi connectivity index (χ3v) is 4.89. The predicted octanol–water partition coefficient (Wildman–Crippen LogP) is 4.52. The van der Waals surface area contributed by atoms with Crippen LogP contribution in [0.3, 0.4) is 0 Å². The van der Waals surface area contributed by atoms with Crippen LogP contribution in [0.5, 0.6) is 5.75 Å². The van der Waals surface area contributed by atoms with Gasteiger partial charge in [0.2, 0.25) is 0 Å². The quantitative estimate of drug-likeness (QED) is 0.500. The number of fused-ring (bicyclic) bond motifs is 1. The first-order valence-electron chi connectivity index (χ1n) is 9.83. The zero-order valence-electron chi connectivity index (χ0n) is 16.5. The molecular formula is C23H20N6O. The van der Waals surface area contributed by atoms with Crippen LogP contribution in [0.4, 0.5) is 11.5 Å². The molecule has 0 saturated heterocycles. The Hall–Kier alpha value is -4.00. The first kappa shape index (κ1) is 18.1. The van der Waals surface area contributed by atoms with Gasteiger partial charge in [-0.25, -0.2) is 9.97 Å². The Morgan fingerprint density at radius 2 is 1.97 bits per heavy atom. The van der Waals surface area contributed by atoms with Crippen molar-refractivity contribution in [3.05, 3.63) is 72.7 Å². The van der Waals surface area contributed by atoms with E-state index in [1.807, 2.05) is 43.3 Å². The molecule has 4 aromatic rings. The number of allylic oxidation sites excluding steroid dienone is 1. The summed E-state index contributed by atoms with van der Waals surface area (Å²) < 4.78 is 5.86. The van der Waals surface area contributed by atoms with Crippen LogP contribution >= 0.6 is 0 Å². The lowest BCUT2D eigenvalue weighted by Gasteiger charge is -2.14. The van der Waals surface area contributed by atoms with Crippen molar-refractivity contribution in [2.24, 2.45) is 4.99 Å². The van der Waals surface area contributed by atoms with E-state index in [0.29, 0.717) is 24.6 Å². The summed E-state index contributed by atoms with van der Waals surface area (Å²) in [5, 5.41) is 11.6. The van der Waals surface area contributed by atoms with E-state index >= 15 is 0 Å². The summed E-state index contributed by atoms with van der Waals surface area (Å²) in [6, 6.07) is 16.3. The Kier molecular flexibility index (Phi) is 4.69. The summed E-state index contributed by atoms with van der Waals surface area (Å²) >= 11 is 0. The summed E-state index contributed by atoms with van der Waals surface area (Å²) in [5.74, 6) is 1.41. The van der Waals surface area contributed by atoms with E-state index in [1.165, 1.54) is 6.33 Å². The number of nitrogens with zero attached hydrogens (tertiary/aromatic N) is 4. The molecule has 2 aromatic heterocycles. The Morgan fingerprint density at radius 1 is 1.07 bits per heavy atom. The van der Waals surface area contributed by atoms with Crippen LogP contribution in [0.25, 0.3) is 22.2 Å². The maximum atomic E-state index is 5.86. The van der Waals surface area contributed by atoms with Crippen molar-refractivity contribution < 1.29 is 4.74 Å². The number of aromatic nitrogens is 4. The monoisotopic (exact) mass is 396 g/mol. The molecule has 0 radical (unpaired) electrons. The van der Waals surface area contributed by atoms with Gasteiger partial charge in [0.1, 0.15) is 17.9 Å². The van der Waals surface area contributed by atoms with Crippen LogP contribution in [-0.2, 0) is 0 Å². The van der Waals surface area contributed by atoms with Crippen molar-refractivity contribution >= 4 is 28.3 Å². The fourth-order valence-electron chi connectivity index (χ4n) is 3.51. The van der Waals surface area contributed by atoms with Gasteiger partial charge in [-0.05, 0) is 36.3 Å². The van der Waals surface area contributed by atoms with Gasteiger partial charge in [-0.15, -0.1) is 0 Å². The Bertz CT molecular complexity index is 1260. The van der Waals surface area contributed by atoms with Crippen LogP contribution in [0, 0.1) is 0 Å². The second-order valence-electron chi connectivity index (χ2n) is 6.78. The standard InChI is InChI=1S/C23H20N6O/c1-2-30-19-11-10-16(15-7-4-3-5-8-15)13-18(19)27-22-20-21(17-9-6-12-24-17)28-29-23(20)26-14-25-22/h3-11,13-14H,2,12H2,1H3,(H2,25,26,27,28,29). The number of benzene rings is 2. The molecule has 0 bridgehead atoms. The van der Waals surface area contributed by atoms with Gasteiger partial charge >= 0.3 is 0 Å². The highest BCUT2D eigenvalue weighted by atomic mass is 16.5. The molecule has 0 atom stereocenters. The minimum absolute atomic E-state index is 0.567. The molecule has 2 N–H and O–H groups in total. The molecule has 0 spiro atoms. The molecular weight excluding hydrogens is 376 g/mol. The van der Waals surface area contributed by atoms with Crippen LogP contribution in [0.1, 0.15) is 12.6 Å². The average molecular weight is 396 g/mol. The second kappa shape index (κ2) is 7.79. The topological polar surface area (TPSA) is 88.1 Å². The lowest BCUT2D eigenvalue weighted by Crippen LogP contribution is -2.02. The SMILES string of the molecule is CCOc1ccc(-c2ccccc2)cc1Nc1ncnc2n[nH]c(C3=NCC=C3)c12. The molecule has 0 saturated carbocycles. The molecule has 0 fully saturated rings. The van der Waals surface area contributed by atoms with Gasteiger partial charge < -0.3 is 10.1 Å². The first-order chi connectivity index (χ1) is 14.8. The second-order valence-corrected chi connectivity index (χ2v) is 6.78. The third kappa shape index (κ3) is 3.30. The normalized spacial score (nSPS) is 12.9. The average Bonchev–Trinajstić information content (AvgIpc) is 3.46. The number of aliphatic imine (C=N–C) groups is 1. The number of hydrogen-bond donors (Lipinski definition) is 2. The smallest absolute Gasteiger partial charge is 0.186 e. The number of nitrogens with one attached hydrogen (secondary N) is 2. The van der Waals surface area contributed by atoms with Gasteiger partial charge in [0, 0.05) is 0 Å². The Morgan fingerprint density at radius 3 is 2.77 bits per heavy atom. The molecule has 2 aromatic carbocycles. The lowest BCUT2D eigenvalue weighted by molar-refractivity contribution is 0.342. The maximum Gasteiger partial charge on any atom is 0.186 e. The molecule has 5 rings (SSSR count). The molecule has 0 aliphatic carbocycles. The van der Waals surface area contributed by atoms with Gasteiger partial charge in [0.25, 0.3) is 0 Å². The predicted molar refractivity (Wildman–Crippen MR) is 119 cm³/mol. The van der Waals surface area contributed by atoms with Crippen molar-refractivity contribution in [1.29, 1.82) is 0 Å². The highest BCUT2D eigenvalue weighted by Crippen LogP contribution is 2.34. The van der Waals surface area contributed by atoms with Crippen LogP contribution in [-0.4, -0.2) is 39.0 Å². The number of H-pyrrole nitrogens is 1. The molecule has 7 heteroatoms. The summed E-state index contributed by atoms with van der Waals surface area (Å²) in [7, 11) is 0. The summed E-state index contributed by atoms with van der Waals surface area (Å²) in [6.07, 6.45) is 5.49. The maximum absolute atomic E-state index is 5.86. The van der Waals surface area contributed by atoms with E-state index in [-0.39, 0.29) is 0 Å². The molecule has 1 aliphatic rings. The van der Waals surface area contributed by atoms with Crippen LogP contribution in [0.15, 0.2) is 72.0 Å². The van der Waals surface area contributed by atoms with Crippen LogP contribution in [0.2, 0.25) is 0 Å². The van der Waals surface area contributed by atoms with E-state index in [1.54, 1.807) is 0 Å². The highest BCUT2D eigenvalue weighted by Gasteiger charge is 2.18. The van der Waals surface area contributed by atoms with Crippen molar-refractivity contribution in [3.8, 4) is 16.9 Å². The minimum Gasteiger partial charge on any atom is -0.492 e. The summed E-state index contributed by atoms with van der Waals surface area (Å²) in [5.41, 5.74) is 5.28. The van der Waals surface area contributed by atoms with E-state index in [0.717, 1.165) is 39.4 Å². The number of aromatic amines is 1. The molecule has 3 heterocycles. The summed E-state index contributed by atoms with van der Waals surface area (Å²) in [4.78, 5) is 13.3. The largest absolute Gasteiger partial charge is 0.492 e. The molecule has 30 heavy (non-hydrogen) atoms. The summed E-state index contributed by atoms with van der Waals surface area (Å²) in [6.45, 7) is 3.20. The van der Waals surface area contributed by atoms with E-state index < -0.39 is 0 Å². The number of hydrogen-bond acceptors (Lipinski definition) is 6. The molecule has 148 valence electrons. The number of rotatable bonds is 6. The number of ether oxygens (including phenoxy) is 1. The fourth-order valence-corrected chi connectivity index (χ4v) is 3.51. The van der Waals surface area contributed by atoms with E-state index in [9.17, 15) is 0 Å². The fraction of sp³-hybridized carbons (Fsp3) is 0.130. The van der Waals surface area contributed by atoms with Gasteiger partial charge in [-0.3, -0.25) is 10.1 Å². The zero-order chi connectivity index (χ0) is 20.3. The Balaban J connectivity index is 1.60. The Labute approximate surface area is 173 Å². The van der Waals surface area contributed by atoms with E-state index in [2.05, 4.69) is 54.7 Å². The molecule has 7 nitrogen and oxygen atoms in total. The zero-order valence-corrected chi connectivity index (χ0v) is 16.5. The van der Waals surface area contributed by atoms with Crippen molar-refractivity contribution in [2.75, 3.05) is 18.5 Å². The number of anilines is 2. The van der Waals surface area contributed by atoms with Crippen molar-refractivity contribution in [2.45, 2.75) is 6.92 Å². The lowest BCUT2D eigenvalue weighted by atomic mass is 10.0. The van der Waals surface area contributed by atoms with Gasteiger partial charge in [-0.2, -0.15) is 5.10 Å². The molecule has 1 aliphatic heterocycles. The van der Waals surface area contributed by atoms with E-state index in [4.69, 9.17) is 4.74 Å². The molecule has 0 unspecified atom stereocenters. The third-order valence-electron chi connectivity index (χ3n) is 4.89. The molecule has 0 amide bonds. The highest BCUT2D eigenvalue weighted by molar-refractivity contribution is 6.17.